The Bertz CT molecular complexity index is 997. The van der Waals surface area contributed by atoms with Gasteiger partial charge in [-0.2, -0.15) is 4.31 Å². The summed E-state index contributed by atoms with van der Waals surface area (Å²) in [5.41, 5.74) is 1.51. The third kappa shape index (κ3) is 4.68. The molecule has 0 atom stereocenters. The Morgan fingerprint density at radius 2 is 1.83 bits per heavy atom. The van der Waals surface area contributed by atoms with Gasteiger partial charge in [0.05, 0.1) is 15.9 Å². The average molecular weight is 436 g/mol. The van der Waals surface area contributed by atoms with Gasteiger partial charge in [0.25, 0.3) is 0 Å². The zero-order valence-corrected chi connectivity index (χ0v) is 19.3. The summed E-state index contributed by atoms with van der Waals surface area (Å²) in [6.45, 7) is 8.02. The van der Waals surface area contributed by atoms with E-state index in [1.807, 2.05) is 30.4 Å². The number of carbonyl (C=O) groups excluding carboxylic acids is 1. The molecular weight excluding hydrogens is 402 g/mol. The highest BCUT2D eigenvalue weighted by Gasteiger charge is 2.23. The van der Waals surface area contributed by atoms with Gasteiger partial charge in [0, 0.05) is 52.6 Å². The lowest BCUT2D eigenvalue weighted by atomic mass is 10.2. The number of sulfonamides is 1. The van der Waals surface area contributed by atoms with Crippen molar-refractivity contribution in [3.8, 4) is 0 Å². The van der Waals surface area contributed by atoms with Crippen molar-refractivity contribution in [2.75, 3.05) is 46.3 Å². The molecule has 0 bridgehead atoms. The SMILES string of the molecule is CCN(CC)S(=O)(=O)c1ccc2c(c1)nc(CCC(=O)N1CCCN(C)CC1)n2C. The van der Waals surface area contributed by atoms with E-state index in [0.29, 0.717) is 31.4 Å². The van der Waals surface area contributed by atoms with Crippen LogP contribution in [-0.4, -0.2) is 84.3 Å². The number of rotatable bonds is 7. The van der Waals surface area contributed by atoms with Gasteiger partial charge in [0.1, 0.15) is 5.82 Å². The Morgan fingerprint density at radius 3 is 2.53 bits per heavy atom. The molecule has 166 valence electrons. The van der Waals surface area contributed by atoms with Crippen LogP contribution in [0.5, 0.6) is 0 Å². The third-order valence-electron chi connectivity index (χ3n) is 5.92. The molecule has 2 heterocycles. The molecule has 0 spiro atoms. The molecule has 0 N–H and O–H groups in total. The molecule has 0 saturated carbocycles. The van der Waals surface area contributed by atoms with E-state index < -0.39 is 10.0 Å². The van der Waals surface area contributed by atoms with Crippen LogP contribution in [0.2, 0.25) is 0 Å². The smallest absolute Gasteiger partial charge is 0.243 e. The largest absolute Gasteiger partial charge is 0.341 e. The zero-order valence-electron chi connectivity index (χ0n) is 18.5. The van der Waals surface area contributed by atoms with Gasteiger partial charge in [-0.15, -0.1) is 0 Å². The number of benzene rings is 1. The van der Waals surface area contributed by atoms with E-state index >= 15 is 0 Å². The van der Waals surface area contributed by atoms with Crippen LogP contribution in [0.15, 0.2) is 23.1 Å². The first-order chi connectivity index (χ1) is 14.3. The molecule has 0 radical (unpaired) electrons. The molecule has 0 aliphatic carbocycles. The molecule has 8 nitrogen and oxygen atoms in total. The van der Waals surface area contributed by atoms with Crippen molar-refractivity contribution >= 4 is 27.0 Å². The fourth-order valence-electron chi connectivity index (χ4n) is 4.00. The number of hydrogen-bond acceptors (Lipinski definition) is 5. The molecule has 1 aromatic heterocycles. The third-order valence-corrected chi connectivity index (χ3v) is 7.97. The molecule has 1 aliphatic heterocycles. The average Bonchev–Trinajstić information content (AvgIpc) is 2.87. The van der Waals surface area contributed by atoms with Crippen molar-refractivity contribution in [1.29, 1.82) is 0 Å². The van der Waals surface area contributed by atoms with Crippen LogP contribution in [0.1, 0.15) is 32.5 Å². The maximum atomic E-state index is 12.8. The minimum atomic E-state index is -3.53. The van der Waals surface area contributed by atoms with Gasteiger partial charge in [-0.25, -0.2) is 13.4 Å². The predicted octanol–water partition coefficient (Wildman–Crippen LogP) is 1.70. The molecule has 1 saturated heterocycles. The van der Waals surface area contributed by atoms with Crippen LogP contribution in [0, 0.1) is 0 Å². The molecule has 3 rings (SSSR count). The van der Waals surface area contributed by atoms with Gasteiger partial charge < -0.3 is 14.4 Å². The Morgan fingerprint density at radius 1 is 1.10 bits per heavy atom. The number of nitrogens with zero attached hydrogens (tertiary/aromatic N) is 5. The Hall–Kier alpha value is -1.97. The van der Waals surface area contributed by atoms with Crippen molar-refractivity contribution in [2.24, 2.45) is 7.05 Å². The van der Waals surface area contributed by atoms with Gasteiger partial charge in [0.2, 0.25) is 15.9 Å². The van der Waals surface area contributed by atoms with Gasteiger partial charge >= 0.3 is 0 Å². The fraction of sp³-hybridized carbons (Fsp3) is 0.619. The van der Waals surface area contributed by atoms with Gasteiger partial charge in [-0.3, -0.25) is 4.79 Å². The van der Waals surface area contributed by atoms with Crippen molar-refractivity contribution in [1.82, 2.24) is 23.7 Å². The number of imidazole rings is 1. The van der Waals surface area contributed by atoms with E-state index in [4.69, 9.17) is 0 Å². The number of hydrogen-bond donors (Lipinski definition) is 0. The van der Waals surface area contributed by atoms with Crippen LogP contribution in [0.3, 0.4) is 0 Å². The summed E-state index contributed by atoms with van der Waals surface area (Å²) in [6, 6.07) is 5.08. The minimum Gasteiger partial charge on any atom is -0.341 e. The van der Waals surface area contributed by atoms with Crippen LogP contribution in [0.25, 0.3) is 11.0 Å². The van der Waals surface area contributed by atoms with E-state index in [0.717, 1.165) is 43.9 Å². The number of aromatic nitrogens is 2. The fourth-order valence-corrected chi connectivity index (χ4v) is 5.48. The molecule has 2 aromatic rings. The topological polar surface area (TPSA) is 78.8 Å². The van der Waals surface area contributed by atoms with Gasteiger partial charge in [-0.05, 0) is 38.2 Å². The van der Waals surface area contributed by atoms with Crippen molar-refractivity contribution in [2.45, 2.75) is 38.0 Å². The van der Waals surface area contributed by atoms with E-state index in [1.54, 1.807) is 18.2 Å². The molecule has 9 heteroatoms. The lowest BCUT2D eigenvalue weighted by Crippen LogP contribution is -2.34. The number of likely N-dealkylation sites (N-methyl/N-ethyl adjacent to an activating group) is 1. The summed E-state index contributed by atoms with van der Waals surface area (Å²) in [4.78, 5) is 21.8. The van der Waals surface area contributed by atoms with Crippen LogP contribution in [0.4, 0.5) is 0 Å². The highest BCUT2D eigenvalue weighted by atomic mass is 32.2. The Labute approximate surface area is 179 Å². The van der Waals surface area contributed by atoms with Crippen LogP contribution in [-0.2, 0) is 28.3 Å². The highest BCUT2D eigenvalue weighted by Crippen LogP contribution is 2.23. The Kier molecular flexibility index (Phi) is 7.15. The van der Waals surface area contributed by atoms with E-state index in [1.165, 1.54) is 4.31 Å². The van der Waals surface area contributed by atoms with Gasteiger partial charge in [-0.1, -0.05) is 13.8 Å². The lowest BCUT2D eigenvalue weighted by molar-refractivity contribution is -0.131. The van der Waals surface area contributed by atoms with Crippen molar-refractivity contribution in [3.63, 3.8) is 0 Å². The molecule has 1 aromatic carbocycles. The van der Waals surface area contributed by atoms with Crippen LogP contribution < -0.4 is 0 Å². The summed E-state index contributed by atoms with van der Waals surface area (Å²) >= 11 is 0. The summed E-state index contributed by atoms with van der Waals surface area (Å²) in [6.07, 6.45) is 1.94. The quantitative estimate of drug-likeness (QED) is 0.661. The first kappa shape index (κ1) is 22.7. The van der Waals surface area contributed by atoms with E-state index in [-0.39, 0.29) is 10.8 Å². The lowest BCUT2D eigenvalue weighted by Gasteiger charge is -2.20. The number of fused-ring (bicyclic) bond motifs is 1. The zero-order chi connectivity index (χ0) is 21.9. The van der Waals surface area contributed by atoms with E-state index in [2.05, 4.69) is 16.9 Å². The second-order valence-electron chi connectivity index (χ2n) is 7.86. The first-order valence-electron chi connectivity index (χ1n) is 10.7. The standard InChI is InChI=1S/C21H33N5O3S/c1-5-26(6-2)30(28,29)17-8-9-19-18(16-17)22-20(24(19)4)10-11-21(27)25-13-7-12-23(3)14-15-25/h8-9,16H,5-7,10-15H2,1-4H3. The highest BCUT2D eigenvalue weighted by molar-refractivity contribution is 7.89. The molecular formula is C21H33N5O3S. The summed E-state index contributed by atoms with van der Waals surface area (Å²) in [5.74, 6) is 0.949. The number of aryl methyl sites for hydroxylation is 2. The maximum absolute atomic E-state index is 12.8. The summed E-state index contributed by atoms with van der Waals surface area (Å²) in [5, 5.41) is 0. The predicted molar refractivity (Wildman–Crippen MR) is 118 cm³/mol. The second kappa shape index (κ2) is 9.45. The second-order valence-corrected chi connectivity index (χ2v) is 9.80. The van der Waals surface area contributed by atoms with E-state index in [9.17, 15) is 13.2 Å². The minimum absolute atomic E-state index is 0.155. The Balaban J connectivity index is 1.76. The first-order valence-corrected chi connectivity index (χ1v) is 12.1. The molecule has 1 fully saturated rings. The normalized spacial score (nSPS) is 16.4. The van der Waals surface area contributed by atoms with Crippen LogP contribution >= 0.6 is 0 Å². The van der Waals surface area contributed by atoms with Crippen molar-refractivity contribution < 1.29 is 13.2 Å². The molecule has 1 amide bonds. The van der Waals surface area contributed by atoms with Gasteiger partial charge in [0.15, 0.2) is 0 Å². The number of amides is 1. The summed E-state index contributed by atoms with van der Waals surface area (Å²) in [7, 11) is 0.472. The molecule has 1 aliphatic rings. The maximum Gasteiger partial charge on any atom is 0.243 e. The summed E-state index contributed by atoms with van der Waals surface area (Å²) < 4.78 is 29.0. The van der Waals surface area contributed by atoms with Crippen molar-refractivity contribution in [3.05, 3.63) is 24.0 Å². The molecule has 30 heavy (non-hydrogen) atoms. The number of carbonyl (C=O) groups is 1. The molecule has 0 unspecified atom stereocenters. The monoisotopic (exact) mass is 435 g/mol.